The number of para-hydroxylation sites is 1. The molecule has 3 rings (SSSR count). The Balaban J connectivity index is 1.65. The molecule has 0 N–H and O–H groups in total. The average Bonchev–Trinajstić information content (AvgIpc) is 3.13. The van der Waals surface area contributed by atoms with Crippen LogP contribution in [-0.2, 0) is 6.54 Å². The molecule has 1 amide bonds. The molecule has 3 aromatic rings. The second kappa shape index (κ2) is 7.77. The van der Waals surface area contributed by atoms with Crippen LogP contribution >= 0.6 is 0 Å². The van der Waals surface area contributed by atoms with Gasteiger partial charge in [-0.15, -0.1) is 0 Å². The highest BCUT2D eigenvalue weighted by atomic mass is 19.3. The van der Waals surface area contributed by atoms with E-state index < -0.39 is 6.61 Å². The normalized spacial score (nSPS) is 10.8. The van der Waals surface area contributed by atoms with Crippen molar-refractivity contribution in [2.75, 3.05) is 7.05 Å². The van der Waals surface area contributed by atoms with Crippen LogP contribution in [0.3, 0.4) is 0 Å². The first kappa shape index (κ1) is 17.6. The van der Waals surface area contributed by atoms with E-state index in [1.54, 1.807) is 30.1 Å². The van der Waals surface area contributed by atoms with E-state index in [0.717, 1.165) is 11.3 Å². The number of amides is 1. The number of alkyl halides is 2. The number of ether oxygens (including phenoxy) is 1. The summed E-state index contributed by atoms with van der Waals surface area (Å²) in [6.45, 7) is -2.52. The maximum atomic E-state index is 12.6. The third kappa shape index (κ3) is 4.24. The molecule has 0 aliphatic rings. The summed E-state index contributed by atoms with van der Waals surface area (Å²) in [6, 6.07) is 15.7. The monoisotopic (exact) mass is 357 g/mol. The summed E-state index contributed by atoms with van der Waals surface area (Å²) in [5, 5.41) is 4.22. The number of hydrogen-bond donors (Lipinski definition) is 0. The van der Waals surface area contributed by atoms with Crippen molar-refractivity contribution in [3.05, 3.63) is 78.1 Å². The molecular formula is C19H17F2N3O2. The van der Waals surface area contributed by atoms with E-state index >= 15 is 0 Å². The van der Waals surface area contributed by atoms with Crippen molar-refractivity contribution >= 4 is 5.91 Å². The lowest BCUT2D eigenvalue weighted by Crippen LogP contribution is -2.25. The van der Waals surface area contributed by atoms with Gasteiger partial charge in [0.2, 0.25) is 0 Å². The summed E-state index contributed by atoms with van der Waals surface area (Å²) in [7, 11) is 1.67. The van der Waals surface area contributed by atoms with Crippen LogP contribution in [0, 0.1) is 0 Å². The molecule has 0 atom stereocenters. The first-order valence-electron chi connectivity index (χ1n) is 7.92. The topological polar surface area (TPSA) is 47.4 Å². The number of hydrogen-bond acceptors (Lipinski definition) is 3. The SMILES string of the molecule is CN(Cc1ccc(OC(F)F)cc1)C(=O)c1cnn(-c2ccccc2)c1. The Morgan fingerprint density at radius 3 is 2.50 bits per heavy atom. The molecule has 2 aromatic carbocycles. The van der Waals surface area contributed by atoms with Crippen LogP contribution in [0.15, 0.2) is 67.0 Å². The number of aromatic nitrogens is 2. The van der Waals surface area contributed by atoms with Crippen molar-refractivity contribution in [3.8, 4) is 11.4 Å². The first-order valence-corrected chi connectivity index (χ1v) is 7.92. The van der Waals surface area contributed by atoms with Gasteiger partial charge in [0.1, 0.15) is 5.75 Å². The Hall–Kier alpha value is -3.22. The fraction of sp³-hybridized carbons (Fsp3) is 0.158. The molecule has 0 saturated heterocycles. The highest BCUT2D eigenvalue weighted by Gasteiger charge is 2.15. The lowest BCUT2D eigenvalue weighted by Gasteiger charge is -2.16. The second-order valence-corrected chi connectivity index (χ2v) is 5.69. The maximum absolute atomic E-state index is 12.6. The number of carbonyl (C=O) groups excluding carboxylic acids is 1. The summed E-state index contributed by atoms with van der Waals surface area (Å²) >= 11 is 0. The lowest BCUT2D eigenvalue weighted by molar-refractivity contribution is -0.0498. The van der Waals surface area contributed by atoms with Crippen molar-refractivity contribution in [1.82, 2.24) is 14.7 Å². The van der Waals surface area contributed by atoms with Crippen LogP contribution in [0.25, 0.3) is 5.69 Å². The van der Waals surface area contributed by atoms with Crippen LogP contribution < -0.4 is 4.74 Å². The van der Waals surface area contributed by atoms with Crippen LogP contribution in [0.5, 0.6) is 5.75 Å². The summed E-state index contributed by atoms with van der Waals surface area (Å²) in [4.78, 5) is 14.1. The summed E-state index contributed by atoms with van der Waals surface area (Å²) in [5.41, 5.74) is 2.13. The van der Waals surface area contributed by atoms with E-state index in [1.807, 2.05) is 30.3 Å². The zero-order valence-corrected chi connectivity index (χ0v) is 14.0. The standard InChI is InChI=1S/C19H17F2N3O2/c1-23(12-14-7-9-17(10-8-14)26-19(20)21)18(25)15-11-22-24(13-15)16-5-3-2-4-6-16/h2-11,13,19H,12H2,1H3. The lowest BCUT2D eigenvalue weighted by atomic mass is 10.2. The van der Waals surface area contributed by atoms with Crippen molar-refractivity contribution in [2.45, 2.75) is 13.2 Å². The third-order valence-corrected chi connectivity index (χ3v) is 3.77. The van der Waals surface area contributed by atoms with Crippen molar-refractivity contribution in [3.63, 3.8) is 0 Å². The summed E-state index contributed by atoms with van der Waals surface area (Å²) in [6.07, 6.45) is 3.19. The molecular weight excluding hydrogens is 340 g/mol. The van der Waals surface area contributed by atoms with Crippen molar-refractivity contribution in [2.24, 2.45) is 0 Å². The molecule has 0 bridgehead atoms. The molecule has 0 spiro atoms. The molecule has 0 saturated carbocycles. The molecule has 26 heavy (non-hydrogen) atoms. The van der Waals surface area contributed by atoms with E-state index in [9.17, 15) is 13.6 Å². The Labute approximate surface area is 149 Å². The number of carbonyl (C=O) groups is 1. The Morgan fingerprint density at radius 1 is 1.15 bits per heavy atom. The quantitative estimate of drug-likeness (QED) is 0.675. The highest BCUT2D eigenvalue weighted by molar-refractivity contribution is 5.93. The summed E-state index contributed by atoms with van der Waals surface area (Å²) < 4.78 is 30.3. The van der Waals surface area contributed by atoms with Gasteiger partial charge in [0.15, 0.2) is 0 Å². The smallest absolute Gasteiger partial charge is 0.387 e. The molecule has 0 unspecified atom stereocenters. The van der Waals surface area contributed by atoms with Crippen molar-refractivity contribution in [1.29, 1.82) is 0 Å². The molecule has 0 aliphatic heterocycles. The minimum atomic E-state index is -2.86. The predicted molar refractivity (Wildman–Crippen MR) is 92.4 cm³/mol. The molecule has 0 aliphatic carbocycles. The molecule has 7 heteroatoms. The number of rotatable bonds is 6. The molecule has 1 heterocycles. The average molecular weight is 357 g/mol. The fourth-order valence-electron chi connectivity index (χ4n) is 2.50. The van der Waals surface area contributed by atoms with Gasteiger partial charge in [-0.2, -0.15) is 13.9 Å². The number of halogens is 2. The predicted octanol–water partition coefficient (Wildman–Crippen LogP) is 3.75. The van der Waals surface area contributed by atoms with Gasteiger partial charge < -0.3 is 9.64 Å². The third-order valence-electron chi connectivity index (χ3n) is 3.77. The minimum Gasteiger partial charge on any atom is -0.435 e. The zero-order valence-electron chi connectivity index (χ0n) is 14.0. The van der Waals surface area contributed by atoms with Crippen molar-refractivity contribution < 1.29 is 18.3 Å². The minimum absolute atomic E-state index is 0.0851. The van der Waals surface area contributed by atoms with Crippen LogP contribution in [0.1, 0.15) is 15.9 Å². The summed E-state index contributed by atoms with van der Waals surface area (Å²) in [5.74, 6) is -0.0954. The van der Waals surface area contributed by atoms with E-state index in [0.29, 0.717) is 12.1 Å². The van der Waals surface area contributed by atoms with Gasteiger partial charge in [0, 0.05) is 19.8 Å². The zero-order chi connectivity index (χ0) is 18.5. The largest absolute Gasteiger partial charge is 0.435 e. The van der Waals surface area contributed by atoms with E-state index in [-0.39, 0.29) is 11.7 Å². The van der Waals surface area contributed by atoms with Crippen LogP contribution in [0.2, 0.25) is 0 Å². The van der Waals surface area contributed by atoms with E-state index in [4.69, 9.17) is 0 Å². The second-order valence-electron chi connectivity index (χ2n) is 5.69. The molecule has 1 aromatic heterocycles. The number of nitrogens with zero attached hydrogens (tertiary/aromatic N) is 3. The van der Waals surface area contributed by atoms with Gasteiger partial charge in [-0.05, 0) is 29.8 Å². The Kier molecular flexibility index (Phi) is 5.26. The fourth-order valence-corrected chi connectivity index (χ4v) is 2.50. The van der Waals surface area contributed by atoms with Gasteiger partial charge in [0.25, 0.3) is 5.91 Å². The Bertz CT molecular complexity index is 864. The van der Waals surface area contributed by atoms with Gasteiger partial charge >= 0.3 is 6.61 Å². The molecule has 5 nitrogen and oxygen atoms in total. The number of benzene rings is 2. The van der Waals surface area contributed by atoms with Crippen LogP contribution in [0.4, 0.5) is 8.78 Å². The highest BCUT2D eigenvalue weighted by Crippen LogP contribution is 2.16. The van der Waals surface area contributed by atoms with E-state index in [2.05, 4.69) is 9.84 Å². The maximum Gasteiger partial charge on any atom is 0.387 e. The molecule has 0 fully saturated rings. The van der Waals surface area contributed by atoms with Gasteiger partial charge in [0.05, 0.1) is 17.4 Å². The van der Waals surface area contributed by atoms with Gasteiger partial charge in [-0.3, -0.25) is 4.79 Å². The molecule has 0 radical (unpaired) electrons. The van der Waals surface area contributed by atoms with Gasteiger partial charge in [-0.1, -0.05) is 30.3 Å². The Morgan fingerprint density at radius 2 is 1.85 bits per heavy atom. The van der Waals surface area contributed by atoms with E-state index in [1.165, 1.54) is 23.2 Å². The van der Waals surface area contributed by atoms with Crippen LogP contribution in [-0.4, -0.2) is 34.2 Å². The first-order chi connectivity index (χ1) is 12.5. The van der Waals surface area contributed by atoms with Gasteiger partial charge in [-0.25, -0.2) is 4.68 Å². The molecule has 134 valence electrons.